The molecule has 224 valence electrons. The molecular weight excluding hydrogens is 583 g/mol. The van der Waals surface area contributed by atoms with Crippen molar-refractivity contribution in [1.29, 1.82) is 0 Å². The van der Waals surface area contributed by atoms with E-state index in [-0.39, 0.29) is 17.0 Å². The van der Waals surface area contributed by atoms with Gasteiger partial charge in [-0.15, -0.1) is 6.58 Å². The van der Waals surface area contributed by atoms with Crippen molar-refractivity contribution in [1.82, 2.24) is 0 Å². The van der Waals surface area contributed by atoms with Crippen LogP contribution in [-0.2, 0) is 6.11 Å². The minimum absolute atomic E-state index is 0.114. The van der Waals surface area contributed by atoms with Gasteiger partial charge >= 0.3 is 6.11 Å². The highest BCUT2D eigenvalue weighted by Crippen LogP contribution is 2.40. The molecule has 0 bridgehead atoms. The second-order valence-corrected chi connectivity index (χ2v) is 10.4. The highest BCUT2D eigenvalue weighted by atomic mass is 19.3. The van der Waals surface area contributed by atoms with Gasteiger partial charge in [-0.1, -0.05) is 18.2 Å². The van der Waals surface area contributed by atoms with Crippen LogP contribution in [0.4, 0.5) is 39.5 Å². The largest absolute Gasteiger partial charge is 0.432 e. The molecule has 0 saturated heterocycles. The van der Waals surface area contributed by atoms with Gasteiger partial charge in [0.15, 0.2) is 17.5 Å². The van der Waals surface area contributed by atoms with Crippen LogP contribution in [-0.4, -0.2) is 0 Å². The summed E-state index contributed by atoms with van der Waals surface area (Å²) in [6.45, 7) is 3.80. The van der Waals surface area contributed by atoms with Gasteiger partial charge in [0.05, 0.1) is 0 Å². The molecule has 1 aliphatic rings. The lowest BCUT2D eigenvalue weighted by Gasteiger charge is -2.27. The van der Waals surface area contributed by atoms with E-state index in [0.29, 0.717) is 36.2 Å². The summed E-state index contributed by atoms with van der Waals surface area (Å²) in [7, 11) is 0. The molecule has 4 aromatic carbocycles. The molecule has 1 fully saturated rings. The number of halogens is 9. The van der Waals surface area contributed by atoms with Gasteiger partial charge in [0.1, 0.15) is 34.6 Å². The fourth-order valence-electron chi connectivity index (χ4n) is 5.42. The van der Waals surface area contributed by atoms with E-state index >= 15 is 4.39 Å². The lowest BCUT2D eigenvalue weighted by molar-refractivity contribution is -0.189. The van der Waals surface area contributed by atoms with Crippen LogP contribution in [0.3, 0.4) is 0 Å². The van der Waals surface area contributed by atoms with Gasteiger partial charge in [0.25, 0.3) is 0 Å². The van der Waals surface area contributed by atoms with Crippen LogP contribution in [0.15, 0.2) is 73.3 Å². The predicted octanol–water partition coefficient (Wildman–Crippen LogP) is 10.6. The number of hydrogen-bond acceptors (Lipinski definition) is 1. The highest BCUT2D eigenvalue weighted by Gasteiger charge is 2.41. The van der Waals surface area contributed by atoms with E-state index in [9.17, 15) is 35.1 Å². The Morgan fingerprint density at radius 2 is 1.14 bits per heavy atom. The van der Waals surface area contributed by atoms with E-state index in [1.165, 1.54) is 12.1 Å². The van der Waals surface area contributed by atoms with Crippen molar-refractivity contribution in [2.24, 2.45) is 5.92 Å². The van der Waals surface area contributed by atoms with E-state index in [2.05, 4.69) is 11.3 Å². The lowest BCUT2D eigenvalue weighted by Crippen LogP contribution is -2.25. The van der Waals surface area contributed by atoms with E-state index < -0.39 is 69.3 Å². The zero-order valence-corrected chi connectivity index (χ0v) is 22.4. The standard InChI is InChI=1S/C33H23F9O/c1-2-17-3-5-18(6-4-17)19-7-9-23(25(34)11-19)20-12-27(36)31(28(37)13-20)33(41,42)43-22-8-10-24(26(35)16-22)21-14-29(38)32(40)30(39)15-21/h2,7-18H,1,3-6H2. The van der Waals surface area contributed by atoms with Crippen LogP contribution in [0.1, 0.15) is 42.7 Å². The Hall–Kier alpha value is -4.21. The number of rotatable bonds is 7. The number of ether oxygens (including phenoxy) is 1. The molecule has 0 amide bonds. The Kier molecular flexibility index (Phi) is 8.31. The smallest absolute Gasteiger partial charge is 0.429 e. The first-order valence-corrected chi connectivity index (χ1v) is 13.3. The minimum Gasteiger partial charge on any atom is -0.429 e. The summed E-state index contributed by atoms with van der Waals surface area (Å²) in [4.78, 5) is 0. The highest BCUT2D eigenvalue weighted by molar-refractivity contribution is 5.66. The molecule has 5 rings (SSSR count). The lowest BCUT2D eigenvalue weighted by atomic mass is 9.78. The van der Waals surface area contributed by atoms with Crippen molar-refractivity contribution in [3.05, 3.63) is 125 Å². The SMILES string of the molecule is C=CC1CCC(c2ccc(-c3cc(F)c(C(F)(F)Oc4ccc(-c5cc(F)c(F)c(F)c5)c(F)c4)c(F)c3)c(F)c2)CC1. The van der Waals surface area contributed by atoms with Crippen LogP contribution in [0, 0.1) is 46.6 Å². The Balaban J connectivity index is 1.37. The maximum absolute atomic E-state index is 15.0. The molecule has 0 atom stereocenters. The summed E-state index contributed by atoms with van der Waals surface area (Å²) >= 11 is 0. The second-order valence-electron chi connectivity index (χ2n) is 10.4. The first-order chi connectivity index (χ1) is 20.4. The number of alkyl halides is 2. The third-order valence-electron chi connectivity index (χ3n) is 7.70. The molecule has 0 heterocycles. The minimum atomic E-state index is -4.65. The van der Waals surface area contributed by atoms with Gasteiger partial charge in [0, 0.05) is 17.2 Å². The van der Waals surface area contributed by atoms with E-state index in [0.717, 1.165) is 43.4 Å². The van der Waals surface area contributed by atoms with Crippen molar-refractivity contribution >= 4 is 0 Å². The van der Waals surface area contributed by atoms with Gasteiger partial charge in [-0.05, 0) is 96.7 Å². The summed E-state index contributed by atoms with van der Waals surface area (Å²) in [5, 5.41) is 0. The molecule has 0 spiro atoms. The van der Waals surface area contributed by atoms with Crippen molar-refractivity contribution in [3.8, 4) is 28.0 Å². The zero-order chi connectivity index (χ0) is 31.1. The summed E-state index contributed by atoms with van der Waals surface area (Å²) in [6.07, 6.45) is 0.740. The van der Waals surface area contributed by atoms with E-state index in [1.54, 1.807) is 6.07 Å². The average Bonchev–Trinajstić information content (AvgIpc) is 2.95. The fraction of sp³-hybridized carbons (Fsp3) is 0.212. The molecule has 0 N–H and O–H groups in total. The molecule has 1 nitrogen and oxygen atoms in total. The molecule has 43 heavy (non-hydrogen) atoms. The van der Waals surface area contributed by atoms with E-state index in [1.807, 2.05) is 6.08 Å². The van der Waals surface area contributed by atoms with Gasteiger partial charge < -0.3 is 4.74 Å². The first kappa shape index (κ1) is 30.3. The fourth-order valence-corrected chi connectivity index (χ4v) is 5.42. The van der Waals surface area contributed by atoms with Crippen molar-refractivity contribution in [3.63, 3.8) is 0 Å². The monoisotopic (exact) mass is 606 g/mol. The molecule has 1 aliphatic carbocycles. The van der Waals surface area contributed by atoms with E-state index in [4.69, 9.17) is 0 Å². The number of allylic oxidation sites excluding steroid dienone is 1. The Morgan fingerprint density at radius 1 is 0.628 bits per heavy atom. The molecule has 0 unspecified atom stereocenters. The van der Waals surface area contributed by atoms with Crippen LogP contribution >= 0.6 is 0 Å². The third-order valence-corrected chi connectivity index (χ3v) is 7.70. The normalized spacial score (nSPS) is 17.1. The summed E-state index contributed by atoms with van der Waals surface area (Å²) in [5.74, 6) is -10.9. The van der Waals surface area contributed by atoms with Crippen LogP contribution in [0.5, 0.6) is 5.75 Å². The molecule has 0 radical (unpaired) electrons. The Labute approximate surface area is 241 Å². The molecule has 1 saturated carbocycles. The van der Waals surface area contributed by atoms with Crippen LogP contribution in [0.2, 0.25) is 0 Å². The van der Waals surface area contributed by atoms with Gasteiger partial charge in [-0.2, -0.15) is 8.78 Å². The Bertz CT molecular complexity index is 1640. The summed E-state index contributed by atoms with van der Waals surface area (Å²) in [6, 6.07) is 8.37. The molecule has 10 heteroatoms. The number of hydrogen-bond donors (Lipinski definition) is 0. The van der Waals surface area contributed by atoms with Gasteiger partial charge in [-0.3, -0.25) is 0 Å². The molecule has 4 aromatic rings. The van der Waals surface area contributed by atoms with Gasteiger partial charge in [-0.25, -0.2) is 30.7 Å². The third kappa shape index (κ3) is 6.14. The molecular formula is C33H23F9O. The van der Waals surface area contributed by atoms with Crippen LogP contribution < -0.4 is 4.74 Å². The van der Waals surface area contributed by atoms with Crippen molar-refractivity contribution in [2.75, 3.05) is 0 Å². The van der Waals surface area contributed by atoms with Crippen molar-refractivity contribution < 1.29 is 44.3 Å². The maximum Gasteiger partial charge on any atom is 0.432 e. The summed E-state index contributed by atoms with van der Waals surface area (Å²) in [5.41, 5.74) is -2.48. The predicted molar refractivity (Wildman–Crippen MR) is 143 cm³/mol. The average molecular weight is 607 g/mol. The molecule has 0 aliphatic heterocycles. The summed E-state index contributed by atoms with van der Waals surface area (Å²) < 4.78 is 134. The van der Waals surface area contributed by atoms with Gasteiger partial charge in [0.2, 0.25) is 0 Å². The quantitative estimate of drug-likeness (QED) is 0.116. The van der Waals surface area contributed by atoms with Crippen molar-refractivity contribution in [2.45, 2.75) is 37.7 Å². The first-order valence-electron chi connectivity index (χ1n) is 13.3. The second kappa shape index (κ2) is 11.8. The van der Waals surface area contributed by atoms with Crippen LogP contribution in [0.25, 0.3) is 22.3 Å². The zero-order valence-electron chi connectivity index (χ0n) is 22.4. The topological polar surface area (TPSA) is 9.23 Å². The maximum atomic E-state index is 15.0. The molecule has 0 aromatic heterocycles. The number of benzene rings is 4. The Morgan fingerprint density at radius 3 is 1.65 bits per heavy atom.